The van der Waals surface area contributed by atoms with Gasteiger partial charge in [0.25, 0.3) is 5.91 Å². The topological polar surface area (TPSA) is 57.8 Å². The Morgan fingerprint density at radius 3 is 2.77 bits per heavy atom. The highest BCUT2D eigenvalue weighted by molar-refractivity contribution is 6.00. The molecule has 110 valence electrons. The summed E-state index contributed by atoms with van der Waals surface area (Å²) in [6.45, 7) is 3.86. The number of carbonyl (C=O) groups excluding carboxylic acids is 1. The predicted octanol–water partition coefficient (Wildman–Crippen LogP) is 3.35. The molecule has 1 aliphatic rings. The van der Waals surface area contributed by atoms with Crippen molar-refractivity contribution in [2.45, 2.75) is 19.4 Å². The van der Waals surface area contributed by atoms with Crippen molar-refractivity contribution in [3.63, 3.8) is 0 Å². The van der Waals surface area contributed by atoms with Crippen molar-refractivity contribution < 1.29 is 9.18 Å². The summed E-state index contributed by atoms with van der Waals surface area (Å²) >= 11 is 0. The summed E-state index contributed by atoms with van der Waals surface area (Å²) in [6, 6.07) is 8.25. The van der Waals surface area contributed by atoms with E-state index in [4.69, 9.17) is 0 Å². The number of aromatic amines is 1. The van der Waals surface area contributed by atoms with E-state index < -0.39 is 5.54 Å². The number of amides is 1. The van der Waals surface area contributed by atoms with Gasteiger partial charge < -0.3 is 10.3 Å². The van der Waals surface area contributed by atoms with Crippen LogP contribution in [0.3, 0.4) is 0 Å². The molecule has 0 spiro atoms. The van der Waals surface area contributed by atoms with Crippen molar-refractivity contribution in [2.75, 3.05) is 0 Å². The van der Waals surface area contributed by atoms with Gasteiger partial charge in [-0.05, 0) is 44.2 Å². The van der Waals surface area contributed by atoms with Gasteiger partial charge in [-0.2, -0.15) is 0 Å². The third-order valence-electron chi connectivity index (χ3n) is 4.08. The van der Waals surface area contributed by atoms with E-state index >= 15 is 0 Å². The minimum absolute atomic E-state index is 0.0972. The van der Waals surface area contributed by atoms with Crippen molar-refractivity contribution in [3.8, 4) is 11.3 Å². The molecule has 0 fully saturated rings. The largest absolute Gasteiger partial charge is 0.360 e. The zero-order valence-corrected chi connectivity index (χ0v) is 12.2. The first kappa shape index (κ1) is 13.0. The molecule has 3 heterocycles. The summed E-state index contributed by atoms with van der Waals surface area (Å²) in [6.07, 6.45) is 1.82. The Morgan fingerprint density at radius 2 is 1.95 bits per heavy atom. The summed E-state index contributed by atoms with van der Waals surface area (Å²) in [4.78, 5) is 19.7. The first-order valence-corrected chi connectivity index (χ1v) is 7.07. The molecule has 0 aliphatic carbocycles. The van der Waals surface area contributed by atoms with Gasteiger partial charge in [0.05, 0.1) is 22.5 Å². The molecule has 1 amide bonds. The number of benzene rings is 1. The van der Waals surface area contributed by atoms with Gasteiger partial charge in [0.15, 0.2) is 0 Å². The highest BCUT2D eigenvalue weighted by atomic mass is 19.1. The van der Waals surface area contributed by atoms with Crippen LogP contribution in [0.4, 0.5) is 4.39 Å². The number of nitrogens with zero attached hydrogens (tertiary/aromatic N) is 1. The monoisotopic (exact) mass is 295 g/mol. The quantitative estimate of drug-likeness (QED) is 0.723. The van der Waals surface area contributed by atoms with Gasteiger partial charge >= 0.3 is 0 Å². The number of hydrogen-bond donors (Lipinski definition) is 2. The van der Waals surface area contributed by atoms with E-state index in [0.29, 0.717) is 5.56 Å². The minimum Gasteiger partial charge on any atom is -0.360 e. The van der Waals surface area contributed by atoms with Crippen molar-refractivity contribution in [2.24, 2.45) is 0 Å². The molecule has 0 radical (unpaired) electrons. The fourth-order valence-corrected chi connectivity index (χ4v) is 2.99. The molecule has 3 aromatic rings. The van der Waals surface area contributed by atoms with Crippen LogP contribution < -0.4 is 5.32 Å². The summed E-state index contributed by atoms with van der Waals surface area (Å²) in [5.74, 6) is -0.376. The molecule has 0 saturated carbocycles. The number of hydrogen-bond acceptors (Lipinski definition) is 2. The first-order valence-electron chi connectivity index (χ1n) is 7.07. The molecule has 4 rings (SSSR count). The van der Waals surface area contributed by atoms with Crippen molar-refractivity contribution in [3.05, 3.63) is 53.6 Å². The highest BCUT2D eigenvalue weighted by Gasteiger charge is 2.36. The van der Waals surface area contributed by atoms with Gasteiger partial charge in [-0.3, -0.25) is 4.79 Å². The molecule has 1 aliphatic heterocycles. The van der Waals surface area contributed by atoms with Crippen molar-refractivity contribution in [1.29, 1.82) is 0 Å². The van der Waals surface area contributed by atoms with E-state index in [2.05, 4.69) is 15.3 Å². The van der Waals surface area contributed by atoms with Crippen LogP contribution in [0.15, 0.2) is 36.5 Å². The zero-order valence-electron chi connectivity index (χ0n) is 12.2. The maximum Gasteiger partial charge on any atom is 0.253 e. The first-order chi connectivity index (χ1) is 10.5. The Hall–Kier alpha value is -2.69. The number of halogens is 1. The molecule has 0 atom stereocenters. The number of pyridine rings is 1. The Labute approximate surface area is 126 Å². The lowest BCUT2D eigenvalue weighted by molar-refractivity contribution is 0.0940. The Kier molecular flexibility index (Phi) is 2.46. The van der Waals surface area contributed by atoms with Gasteiger partial charge in [0, 0.05) is 22.7 Å². The van der Waals surface area contributed by atoms with Gasteiger partial charge in [-0.1, -0.05) is 0 Å². The van der Waals surface area contributed by atoms with E-state index in [1.165, 1.54) is 12.1 Å². The number of carbonyl (C=O) groups is 1. The van der Waals surface area contributed by atoms with Crippen LogP contribution in [-0.4, -0.2) is 15.9 Å². The fraction of sp³-hybridized carbons (Fsp3) is 0.176. The number of nitrogens with one attached hydrogen (secondary N) is 2. The van der Waals surface area contributed by atoms with E-state index in [-0.39, 0.29) is 11.7 Å². The Balaban J connectivity index is 1.92. The average molecular weight is 295 g/mol. The minimum atomic E-state index is -0.485. The van der Waals surface area contributed by atoms with E-state index in [9.17, 15) is 9.18 Å². The normalized spacial score (nSPS) is 15.9. The SMILES string of the molecule is CC1(C)NC(=O)c2ccc(-c3c[nH]c4cc(F)ccc34)nc21. The standard InChI is InChI=1S/C17H14FN3O/c1-17(2)15-11(16(22)21-17)5-6-13(20-15)12-8-19-14-7-9(18)3-4-10(12)14/h3-8,19H,1-2H3,(H,21,22). The molecule has 4 nitrogen and oxygen atoms in total. The maximum atomic E-state index is 13.3. The van der Waals surface area contributed by atoms with Crippen LogP contribution in [0.5, 0.6) is 0 Å². The molecular formula is C17H14FN3O. The Bertz CT molecular complexity index is 927. The van der Waals surface area contributed by atoms with Gasteiger partial charge in [-0.15, -0.1) is 0 Å². The second kappa shape index (κ2) is 4.16. The van der Waals surface area contributed by atoms with Crippen molar-refractivity contribution >= 4 is 16.8 Å². The van der Waals surface area contributed by atoms with Crippen LogP contribution >= 0.6 is 0 Å². The molecule has 0 bridgehead atoms. The van der Waals surface area contributed by atoms with E-state index in [1.807, 2.05) is 26.1 Å². The lowest BCUT2D eigenvalue weighted by atomic mass is 9.99. The number of fused-ring (bicyclic) bond motifs is 2. The second-order valence-electron chi connectivity index (χ2n) is 6.06. The summed E-state index contributed by atoms with van der Waals surface area (Å²) < 4.78 is 13.3. The lowest BCUT2D eigenvalue weighted by Crippen LogP contribution is -2.33. The summed E-state index contributed by atoms with van der Waals surface area (Å²) in [5, 5.41) is 3.82. The third-order valence-corrected chi connectivity index (χ3v) is 4.08. The van der Waals surface area contributed by atoms with Crippen LogP contribution in [-0.2, 0) is 5.54 Å². The van der Waals surface area contributed by atoms with E-state index in [0.717, 1.165) is 27.9 Å². The molecule has 0 saturated heterocycles. The van der Waals surface area contributed by atoms with Crippen LogP contribution in [0.25, 0.3) is 22.2 Å². The number of aromatic nitrogens is 2. The maximum absolute atomic E-state index is 13.3. The smallest absolute Gasteiger partial charge is 0.253 e. The molecule has 2 N–H and O–H groups in total. The molecule has 0 unspecified atom stereocenters. The molecular weight excluding hydrogens is 281 g/mol. The van der Waals surface area contributed by atoms with Crippen LogP contribution in [0, 0.1) is 5.82 Å². The number of rotatable bonds is 1. The zero-order chi connectivity index (χ0) is 15.5. The summed E-state index contributed by atoms with van der Waals surface area (Å²) in [7, 11) is 0. The Morgan fingerprint density at radius 1 is 1.14 bits per heavy atom. The third kappa shape index (κ3) is 1.75. The lowest BCUT2D eigenvalue weighted by Gasteiger charge is -2.18. The predicted molar refractivity (Wildman–Crippen MR) is 82.0 cm³/mol. The van der Waals surface area contributed by atoms with Crippen molar-refractivity contribution in [1.82, 2.24) is 15.3 Å². The van der Waals surface area contributed by atoms with Gasteiger partial charge in [0.1, 0.15) is 5.82 Å². The summed E-state index contributed by atoms with van der Waals surface area (Å²) in [5.41, 5.74) is 3.26. The van der Waals surface area contributed by atoms with E-state index in [1.54, 1.807) is 12.1 Å². The second-order valence-corrected chi connectivity index (χ2v) is 6.06. The number of H-pyrrole nitrogens is 1. The molecule has 2 aromatic heterocycles. The van der Waals surface area contributed by atoms with Crippen LogP contribution in [0.1, 0.15) is 29.9 Å². The molecule has 5 heteroatoms. The average Bonchev–Trinajstić information content (AvgIpc) is 2.97. The molecule has 22 heavy (non-hydrogen) atoms. The van der Waals surface area contributed by atoms with Gasteiger partial charge in [-0.25, -0.2) is 9.37 Å². The van der Waals surface area contributed by atoms with Crippen LogP contribution in [0.2, 0.25) is 0 Å². The molecule has 1 aromatic carbocycles. The van der Waals surface area contributed by atoms with Gasteiger partial charge in [0.2, 0.25) is 0 Å². The fourth-order valence-electron chi connectivity index (χ4n) is 2.99. The highest BCUT2D eigenvalue weighted by Crippen LogP contribution is 2.33.